The van der Waals surface area contributed by atoms with Crippen LogP contribution in [0.15, 0.2) is 55.0 Å². The molecule has 35 heavy (non-hydrogen) atoms. The monoisotopic (exact) mass is 472 g/mol. The van der Waals surface area contributed by atoms with E-state index in [-0.39, 0.29) is 6.61 Å². The molecule has 1 aliphatic heterocycles. The number of fused-ring (bicyclic) bond motifs is 1. The summed E-state index contributed by atoms with van der Waals surface area (Å²) in [6.45, 7) is 4.26. The molecule has 8 nitrogen and oxygen atoms in total. The molecule has 0 radical (unpaired) electrons. The predicted octanol–water partition coefficient (Wildman–Crippen LogP) is 4.16. The number of likely N-dealkylation sites (tertiary alicyclic amines) is 1. The Hall–Kier alpha value is -3.49. The summed E-state index contributed by atoms with van der Waals surface area (Å²) in [6.07, 6.45) is 9.16. The van der Waals surface area contributed by atoms with Crippen molar-refractivity contribution in [2.45, 2.75) is 25.9 Å². The molecule has 2 aromatic carbocycles. The Labute approximate surface area is 205 Å². The molecule has 1 fully saturated rings. The smallest absolute Gasteiger partial charge is 0.121 e. The standard InChI is InChI=1S/C27H32N6O2/c1-31-18-21(16-29-31)27-17-28-25-7-6-22(15-26(25)30-27)33(11-5-10-32-8-3-4-9-32)23-12-20(19-34)13-24(14-23)35-2/h6-7,12-18,34H,3-5,8-11,19H2,1-2H3. The normalized spacial score (nSPS) is 14.0. The minimum atomic E-state index is -0.0382. The quantitative estimate of drug-likeness (QED) is 0.392. The van der Waals surface area contributed by atoms with Gasteiger partial charge in [-0.3, -0.25) is 9.67 Å². The summed E-state index contributed by atoms with van der Waals surface area (Å²) in [5, 5.41) is 14.1. The van der Waals surface area contributed by atoms with Crippen LogP contribution in [-0.2, 0) is 13.7 Å². The molecule has 4 aromatic rings. The Kier molecular flexibility index (Phi) is 6.92. The zero-order valence-corrected chi connectivity index (χ0v) is 20.4. The Bertz CT molecular complexity index is 1280. The zero-order valence-electron chi connectivity index (χ0n) is 20.4. The maximum atomic E-state index is 9.83. The number of anilines is 2. The lowest BCUT2D eigenvalue weighted by atomic mass is 10.1. The first kappa shape index (κ1) is 23.3. The highest BCUT2D eigenvalue weighted by Crippen LogP contribution is 2.32. The highest BCUT2D eigenvalue weighted by Gasteiger charge is 2.16. The molecule has 0 amide bonds. The molecule has 1 N–H and O–H groups in total. The molecule has 0 atom stereocenters. The van der Waals surface area contributed by atoms with Gasteiger partial charge in [0, 0.05) is 42.8 Å². The molecule has 0 bridgehead atoms. The van der Waals surface area contributed by atoms with E-state index in [0.29, 0.717) is 0 Å². The maximum Gasteiger partial charge on any atom is 0.121 e. The Morgan fingerprint density at radius 1 is 1.03 bits per heavy atom. The average molecular weight is 473 g/mol. The molecule has 3 heterocycles. The van der Waals surface area contributed by atoms with E-state index in [1.807, 2.05) is 37.5 Å². The van der Waals surface area contributed by atoms with Gasteiger partial charge >= 0.3 is 0 Å². The van der Waals surface area contributed by atoms with Gasteiger partial charge in [-0.15, -0.1) is 0 Å². The van der Waals surface area contributed by atoms with Crippen LogP contribution in [0.2, 0.25) is 0 Å². The zero-order chi connectivity index (χ0) is 24.2. The molecular formula is C27H32N6O2. The van der Waals surface area contributed by atoms with Gasteiger partial charge in [0.05, 0.1) is 42.8 Å². The van der Waals surface area contributed by atoms with Gasteiger partial charge in [0.1, 0.15) is 5.75 Å². The highest BCUT2D eigenvalue weighted by atomic mass is 16.5. The summed E-state index contributed by atoms with van der Waals surface area (Å²) in [5.41, 5.74) is 6.27. The van der Waals surface area contributed by atoms with Gasteiger partial charge in [-0.1, -0.05) is 0 Å². The molecule has 1 aliphatic rings. The average Bonchev–Trinajstić information content (AvgIpc) is 3.57. The molecule has 8 heteroatoms. The van der Waals surface area contributed by atoms with Crippen molar-refractivity contribution in [1.29, 1.82) is 0 Å². The largest absolute Gasteiger partial charge is 0.497 e. The first-order chi connectivity index (χ1) is 17.1. The number of aliphatic hydroxyl groups is 1. The second kappa shape index (κ2) is 10.4. The van der Waals surface area contributed by atoms with Crippen molar-refractivity contribution in [2.24, 2.45) is 7.05 Å². The van der Waals surface area contributed by atoms with Crippen molar-refractivity contribution in [1.82, 2.24) is 24.6 Å². The summed E-state index contributed by atoms with van der Waals surface area (Å²) in [4.78, 5) is 14.3. The van der Waals surface area contributed by atoms with Crippen molar-refractivity contribution < 1.29 is 9.84 Å². The van der Waals surface area contributed by atoms with Crippen LogP contribution in [-0.4, -0.2) is 63.0 Å². The van der Waals surface area contributed by atoms with Crippen molar-refractivity contribution in [3.8, 4) is 17.0 Å². The summed E-state index contributed by atoms with van der Waals surface area (Å²) in [6, 6.07) is 12.1. The van der Waals surface area contributed by atoms with Gasteiger partial charge in [0.2, 0.25) is 0 Å². The Balaban J connectivity index is 1.50. The van der Waals surface area contributed by atoms with E-state index in [0.717, 1.165) is 64.5 Å². The number of hydrogen-bond acceptors (Lipinski definition) is 7. The molecule has 0 saturated carbocycles. The molecule has 182 valence electrons. The second-order valence-electron chi connectivity index (χ2n) is 9.08. The third-order valence-corrected chi connectivity index (χ3v) is 6.57. The molecule has 0 aliphatic carbocycles. The minimum absolute atomic E-state index is 0.0382. The van der Waals surface area contributed by atoms with Crippen molar-refractivity contribution in [3.05, 3.63) is 60.6 Å². The SMILES string of the molecule is COc1cc(CO)cc(N(CCCN2CCCC2)c2ccc3ncc(-c4cnn(C)c4)nc3c2)c1. The van der Waals surface area contributed by atoms with Crippen LogP contribution < -0.4 is 9.64 Å². The molecule has 5 rings (SSSR count). The van der Waals surface area contributed by atoms with Gasteiger partial charge in [0.25, 0.3) is 0 Å². The molecule has 2 aromatic heterocycles. The number of ether oxygens (including phenoxy) is 1. The van der Waals surface area contributed by atoms with Crippen LogP contribution in [0.4, 0.5) is 11.4 Å². The van der Waals surface area contributed by atoms with E-state index in [1.165, 1.54) is 25.9 Å². The first-order valence-electron chi connectivity index (χ1n) is 12.2. The summed E-state index contributed by atoms with van der Waals surface area (Å²) in [7, 11) is 3.55. The van der Waals surface area contributed by atoms with E-state index in [2.05, 4.69) is 32.0 Å². The number of aryl methyl sites for hydroxylation is 1. The van der Waals surface area contributed by atoms with Crippen LogP contribution in [0, 0.1) is 0 Å². The molecule has 0 spiro atoms. The van der Waals surface area contributed by atoms with E-state index in [1.54, 1.807) is 24.2 Å². The third-order valence-electron chi connectivity index (χ3n) is 6.57. The van der Waals surface area contributed by atoms with Crippen LogP contribution in [0.25, 0.3) is 22.3 Å². The van der Waals surface area contributed by atoms with Crippen molar-refractivity contribution >= 4 is 22.4 Å². The number of nitrogens with zero attached hydrogens (tertiary/aromatic N) is 6. The second-order valence-corrected chi connectivity index (χ2v) is 9.08. The Morgan fingerprint density at radius 3 is 2.63 bits per heavy atom. The van der Waals surface area contributed by atoms with E-state index in [9.17, 15) is 5.11 Å². The van der Waals surface area contributed by atoms with Crippen LogP contribution in [0.1, 0.15) is 24.8 Å². The number of rotatable bonds is 9. The number of aliphatic hydroxyl groups excluding tert-OH is 1. The summed E-state index contributed by atoms with van der Waals surface area (Å²) >= 11 is 0. The summed E-state index contributed by atoms with van der Waals surface area (Å²) < 4.78 is 7.29. The molecule has 0 unspecified atom stereocenters. The van der Waals surface area contributed by atoms with E-state index >= 15 is 0 Å². The highest BCUT2D eigenvalue weighted by molar-refractivity contribution is 5.82. The van der Waals surface area contributed by atoms with Gasteiger partial charge in [-0.25, -0.2) is 4.98 Å². The summed E-state index contributed by atoms with van der Waals surface area (Å²) in [5.74, 6) is 0.732. The number of aromatic nitrogens is 4. The molecular weight excluding hydrogens is 440 g/mol. The van der Waals surface area contributed by atoms with Crippen LogP contribution in [0.3, 0.4) is 0 Å². The van der Waals surface area contributed by atoms with Gasteiger partial charge in [-0.05, 0) is 74.8 Å². The number of benzene rings is 2. The minimum Gasteiger partial charge on any atom is -0.497 e. The number of hydrogen-bond donors (Lipinski definition) is 1. The van der Waals surface area contributed by atoms with Crippen LogP contribution in [0.5, 0.6) is 5.75 Å². The molecule has 1 saturated heterocycles. The predicted molar refractivity (Wildman–Crippen MR) is 138 cm³/mol. The lowest BCUT2D eigenvalue weighted by Gasteiger charge is -2.27. The van der Waals surface area contributed by atoms with E-state index < -0.39 is 0 Å². The van der Waals surface area contributed by atoms with E-state index in [4.69, 9.17) is 9.72 Å². The fraction of sp³-hybridized carbons (Fsp3) is 0.370. The first-order valence-corrected chi connectivity index (χ1v) is 12.2. The Morgan fingerprint density at radius 2 is 1.89 bits per heavy atom. The lowest BCUT2D eigenvalue weighted by molar-refractivity contribution is 0.281. The van der Waals surface area contributed by atoms with Gasteiger partial charge < -0.3 is 19.6 Å². The van der Waals surface area contributed by atoms with Gasteiger partial charge in [-0.2, -0.15) is 5.10 Å². The van der Waals surface area contributed by atoms with Crippen molar-refractivity contribution in [2.75, 3.05) is 38.2 Å². The lowest BCUT2D eigenvalue weighted by Crippen LogP contribution is -2.26. The van der Waals surface area contributed by atoms with Gasteiger partial charge in [0.15, 0.2) is 0 Å². The van der Waals surface area contributed by atoms with Crippen LogP contribution >= 0.6 is 0 Å². The topological polar surface area (TPSA) is 79.5 Å². The fourth-order valence-electron chi connectivity index (χ4n) is 4.73. The maximum absolute atomic E-state index is 9.83. The number of methoxy groups -OCH3 is 1. The fourth-order valence-corrected chi connectivity index (χ4v) is 4.73. The van der Waals surface area contributed by atoms with Crippen molar-refractivity contribution in [3.63, 3.8) is 0 Å². The third kappa shape index (κ3) is 5.28.